The molecule has 158 valence electrons. The topological polar surface area (TPSA) is 88.3 Å². The van der Waals surface area contributed by atoms with Crippen LogP contribution in [0.2, 0.25) is 0 Å². The molecular formula is C21H28Cl2N4O2. The summed E-state index contributed by atoms with van der Waals surface area (Å²) in [6, 6.07) is 13.1. The van der Waals surface area contributed by atoms with Crippen LogP contribution in [0, 0.1) is 12.8 Å². The minimum atomic E-state index is -1.07. The van der Waals surface area contributed by atoms with E-state index in [0.717, 1.165) is 11.1 Å². The second-order valence-electron chi connectivity index (χ2n) is 7.34. The van der Waals surface area contributed by atoms with Crippen molar-refractivity contribution in [3.05, 3.63) is 59.8 Å². The highest BCUT2D eigenvalue weighted by Gasteiger charge is 2.37. The number of pyridine rings is 1. The molecule has 1 aromatic heterocycles. The molecule has 2 amide bonds. The summed E-state index contributed by atoms with van der Waals surface area (Å²) in [6.45, 7) is 4.74. The van der Waals surface area contributed by atoms with E-state index >= 15 is 0 Å². The van der Waals surface area contributed by atoms with Crippen LogP contribution in [0.4, 0.5) is 5.82 Å². The summed E-state index contributed by atoms with van der Waals surface area (Å²) in [5, 5.41) is 2.86. The quantitative estimate of drug-likeness (QED) is 0.766. The Kier molecular flexibility index (Phi) is 9.08. The van der Waals surface area contributed by atoms with Crippen LogP contribution in [-0.4, -0.2) is 34.8 Å². The van der Waals surface area contributed by atoms with Gasteiger partial charge in [-0.05, 0) is 43.9 Å². The third-order valence-electron chi connectivity index (χ3n) is 5.13. The Bertz CT molecular complexity index is 805. The maximum Gasteiger partial charge on any atom is 0.246 e. The number of hydrogen-bond acceptors (Lipinski definition) is 4. The maximum absolute atomic E-state index is 12.9. The van der Waals surface area contributed by atoms with E-state index in [4.69, 9.17) is 5.73 Å². The number of amides is 2. The third-order valence-corrected chi connectivity index (χ3v) is 5.13. The number of carbonyl (C=O) groups excluding carboxylic acids is 2. The zero-order chi connectivity index (χ0) is 19.4. The van der Waals surface area contributed by atoms with Crippen molar-refractivity contribution in [2.24, 2.45) is 11.7 Å². The van der Waals surface area contributed by atoms with Crippen LogP contribution in [0.15, 0.2) is 48.7 Å². The molecule has 1 aliphatic heterocycles. The monoisotopic (exact) mass is 438 g/mol. The van der Waals surface area contributed by atoms with Gasteiger partial charge < -0.3 is 16.0 Å². The lowest BCUT2D eigenvalue weighted by Crippen LogP contribution is -2.53. The van der Waals surface area contributed by atoms with Crippen molar-refractivity contribution in [3.8, 4) is 0 Å². The van der Waals surface area contributed by atoms with Crippen molar-refractivity contribution >= 4 is 42.4 Å². The van der Waals surface area contributed by atoms with E-state index in [1.165, 1.54) is 0 Å². The number of halogens is 2. The zero-order valence-electron chi connectivity index (χ0n) is 16.6. The Labute approximate surface area is 184 Å². The number of nitrogens with one attached hydrogen (secondary N) is 1. The van der Waals surface area contributed by atoms with E-state index in [-0.39, 0.29) is 42.5 Å². The molecule has 0 saturated carbocycles. The predicted molar refractivity (Wildman–Crippen MR) is 119 cm³/mol. The van der Waals surface area contributed by atoms with Crippen molar-refractivity contribution < 1.29 is 9.59 Å². The highest BCUT2D eigenvalue weighted by Crippen LogP contribution is 2.25. The number of hydrogen-bond donors (Lipinski definition) is 2. The molecule has 8 heteroatoms. The Morgan fingerprint density at radius 3 is 2.28 bits per heavy atom. The van der Waals surface area contributed by atoms with Gasteiger partial charge in [0.2, 0.25) is 11.8 Å². The van der Waals surface area contributed by atoms with Gasteiger partial charge in [0.05, 0.1) is 0 Å². The first-order valence-corrected chi connectivity index (χ1v) is 9.25. The van der Waals surface area contributed by atoms with Gasteiger partial charge in [0.15, 0.2) is 0 Å². The van der Waals surface area contributed by atoms with Crippen LogP contribution in [0.3, 0.4) is 0 Å². The fourth-order valence-electron chi connectivity index (χ4n) is 3.35. The van der Waals surface area contributed by atoms with Gasteiger partial charge in [-0.25, -0.2) is 4.98 Å². The molecule has 0 radical (unpaired) electrons. The molecule has 2 heterocycles. The molecule has 0 bridgehead atoms. The summed E-state index contributed by atoms with van der Waals surface area (Å²) in [5.74, 6) is 0.283. The van der Waals surface area contributed by atoms with Crippen LogP contribution < -0.4 is 11.1 Å². The predicted octanol–water partition coefficient (Wildman–Crippen LogP) is 3.28. The summed E-state index contributed by atoms with van der Waals surface area (Å²) < 4.78 is 0. The van der Waals surface area contributed by atoms with Crippen molar-refractivity contribution in [1.29, 1.82) is 0 Å². The van der Waals surface area contributed by atoms with E-state index in [2.05, 4.69) is 10.3 Å². The zero-order valence-corrected chi connectivity index (χ0v) is 18.3. The molecule has 1 atom stereocenters. The molecule has 1 aliphatic rings. The van der Waals surface area contributed by atoms with Gasteiger partial charge in [0.1, 0.15) is 11.4 Å². The van der Waals surface area contributed by atoms with Gasteiger partial charge in [-0.1, -0.05) is 36.4 Å². The van der Waals surface area contributed by atoms with Gasteiger partial charge >= 0.3 is 0 Å². The van der Waals surface area contributed by atoms with Crippen LogP contribution in [0.5, 0.6) is 0 Å². The summed E-state index contributed by atoms with van der Waals surface area (Å²) in [7, 11) is 0. The number of carbonyl (C=O) groups is 2. The standard InChI is InChI=1S/C21H26N4O2.2ClH/c1-15-8-9-18(23-14-15)24-19(26)16-10-12-25(13-11-16)20(27)21(2,22)17-6-4-3-5-7-17;;/h3-9,14,16H,10-13,22H2,1-2H3,(H,23,24,26);2*1H. The van der Waals surface area contributed by atoms with Gasteiger partial charge in [0, 0.05) is 25.2 Å². The molecule has 6 nitrogen and oxygen atoms in total. The van der Waals surface area contributed by atoms with E-state index in [1.54, 1.807) is 24.1 Å². The van der Waals surface area contributed by atoms with E-state index in [0.29, 0.717) is 31.7 Å². The molecule has 3 rings (SSSR count). The van der Waals surface area contributed by atoms with E-state index in [9.17, 15) is 9.59 Å². The van der Waals surface area contributed by atoms with Crippen LogP contribution in [-0.2, 0) is 15.1 Å². The highest BCUT2D eigenvalue weighted by atomic mass is 35.5. The molecule has 1 fully saturated rings. The largest absolute Gasteiger partial charge is 0.341 e. The Morgan fingerprint density at radius 2 is 1.72 bits per heavy atom. The van der Waals surface area contributed by atoms with Crippen LogP contribution >= 0.6 is 24.8 Å². The molecule has 0 spiro atoms. The molecule has 1 saturated heterocycles. The fraction of sp³-hybridized carbons (Fsp3) is 0.381. The fourth-order valence-corrected chi connectivity index (χ4v) is 3.35. The summed E-state index contributed by atoms with van der Waals surface area (Å²) in [5.41, 5.74) is 7.11. The molecule has 2 aromatic rings. The first-order valence-electron chi connectivity index (χ1n) is 9.25. The lowest BCUT2D eigenvalue weighted by atomic mass is 9.89. The minimum absolute atomic E-state index is 0. The Balaban J connectivity index is 0.00000210. The lowest BCUT2D eigenvalue weighted by molar-refractivity contribution is -0.139. The number of piperidine rings is 1. The molecule has 1 aromatic carbocycles. The number of likely N-dealkylation sites (tertiary alicyclic amines) is 1. The minimum Gasteiger partial charge on any atom is -0.341 e. The van der Waals surface area contributed by atoms with E-state index < -0.39 is 5.54 Å². The smallest absolute Gasteiger partial charge is 0.246 e. The van der Waals surface area contributed by atoms with Crippen LogP contribution in [0.1, 0.15) is 30.9 Å². The van der Waals surface area contributed by atoms with Crippen molar-refractivity contribution in [1.82, 2.24) is 9.88 Å². The Morgan fingerprint density at radius 1 is 1.10 bits per heavy atom. The summed E-state index contributed by atoms with van der Waals surface area (Å²) >= 11 is 0. The summed E-state index contributed by atoms with van der Waals surface area (Å²) in [4.78, 5) is 31.4. The number of rotatable bonds is 4. The first-order chi connectivity index (χ1) is 12.9. The lowest BCUT2D eigenvalue weighted by Gasteiger charge is -2.36. The molecule has 0 aliphatic carbocycles. The van der Waals surface area contributed by atoms with Crippen LogP contribution in [0.25, 0.3) is 0 Å². The second kappa shape index (κ2) is 10.6. The van der Waals surface area contributed by atoms with E-state index in [1.807, 2.05) is 43.3 Å². The van der Waals surface area contributed by atoms with Crippen molar-refractivity contribution in [3.63, 3.8) is 0 Å². The number of nitrogens with two attached hydrogens (primary N) is 1. The number of anilines is 1. The maximum atomic E-state index is 12.9. The highest BCUT2D eigenvalue weighted by molar-refractivity contribution is 5.92. The number of aryl methyl sites for hydroxylation is 1. The van der Waals surface area contributed by atoms with Gasteiger partial charge in [-0.3, -0.25) is 9.59 Å². The van der Waals surface area contributed by atoms with Gasteiger partial charge in [0.25, 0.3) is 0 Å². The average molecular weight is 439 g/mol. The number of aromatic nitrogens is 1. The van der Waals surface area contributed by atoms with Gasteiger partial charge in [-0.2, -0.15) is 0 Å². The molecule has 1 unspecified atom stereocenters. The second-order valence-corrected chi connectivity index (χ2v) is 7.34. The third kappa shape index (κ3) is 5.92. The summed E-state index contributed by atoms with van der Waals surface area (Å²) in [6.07, 6.45) is 2.96. The normalized spacial score (nSPS) is 16.0. The number of benzene rings is 1. The van der Waals surface area contributed by atoms with Crippen molar-refractivity contribution in [2.45, 2.75) is 32.2 Å². The number of nitrogens with zero attached hydrogens (tertiary/aromatic N) is 2. The first kappa shape index (κ1) is 24.9. The van der Waals surface area contributed by atoms with Crippen molar-refractivity contribution in [2.75, 3.05) is 18.4 Å². The molecule has 29 heavy (non-hydrogen) atoms. The average Bonchev–Trinajstić information content (AvgIpc) is 2.70. The Hall–Kier alpha value is -2.15. The molecule has 3 N–H and O–H groups in total. The van der Waals surface area contributed by atoms with Gasteiger partial charge in [-0.15, -0.1) is 24.8 Å². The SMILES string of the molecule is Cc1ccc(NC(=O)C2CCN(C(=O)C(C)(N)c3ccccc3)CC2)nc1.Cl.Cl. The molecular weight excluding hydrogens is 411 g/mol.